The van der Waals surface area contributed by atoms with Gasteiger partial charge in [0, 0.05) is 10.9 Å². The average molecular weight is 295 g/mol. The highest BCUT2D eigenvalue weighted by molar-refractivity contribution is 6.15. The van der Waals surface area contributed by atoms with E-state index in [0.29, 0.717) is 22.2 Å². The highest BCUT2D eigenvalue weighted by atomic mass is 16.4. The Hall–Kier alpha value is -3.08. The predicted octanol–water partition coefficient (Wildman–Crippen LogP) is 3.16. The molecule has 0 aliphatic rings. The summed E-state index contributed by atoms with van der Waals surface area (Å²) in [5.74, 6) is -1.18. The van der Waals surface area contributed by atoms with Crippen LogP contribution in [0.3, 0.4) is 0 Å². The van der Waals surface area contributed by atoms with Gasteiger partial charge in [-0.2, -0.15) is 0 Å². The number of carbonyl (C=O) groups excluding carboxylic acids is 1. The number of para-hydroxylation sites is 1. The van der Waals surface area contributed by atoms with E-state index in [4.69, 9.17) is 9.52 Å². The highest BCUT2D eigenvalue weighted by Crippen LogP contribution is 2.32. The van der Waals surface area contributed by atoms with Crippen molar-refractivity contribution in [3.05, 3.63) is 65.9 Å². The lowest BCUT2D eigenvalue weighted by Gasteiger charge is -2.04. The second-order valence-corrected chi connectivity index (χ2v) is 4.74. The number of fused-ring (bicyclic) bond motifs is 1. The third kappa shape index (κ3) is 2.56. The molecule has 5 nitrogen and oxygen atoms in total. The van der Waals surface area contributed by atoms with E-state index in [9.17, 15) is 9.59 Å². The largest absolute Gasteiger partial charge is 0.480 e. The van der Waals surface area contributed by atoms with Crippen LogP contribution in [0.4, 0.5) is 5.69 Å². The summed E-state index contributed by atoms with van der Waals surface area (Å²) in [5, 5.41) is 12.3. The molecular formula is C17H13NO4. The second kappa shape index (κ2) is 5.73. The predicted molar refractivity (Wildman–Crippen MR) is 82.2 cm³/mol. The Morgan fingerprint density at radius 1 is 1.00 bits per heavy atom. The van der Waals surface area contributed by atoms with E-state index in [0.717, 1.165) is 0 Å². The van der Waals surface area contributed by atoms with E-state index < -0.39 is 5.97 Å². The number of benzene rings is 2. The summed E-state index contributed by atoms with van der Waals surface area (Å²) in [5.41, 5.74) is 1.43. The number of hydrogen-bond donors (Lipinski definition) is 2. The molecule has 0 radical (unpaired) electrons. The molecule has 22 heavy (non-hydrogen) atoms. The fourth-order valence-electron chi connectivity index (χ4n) is 2.27. The Bertz CT molecular complexity index is 836. The SMILES string of the molecule is O=C(O)CNc1c(C(=O)c2ccccc2)oc2ccccc12. The molecular weight excluding hydrogens is 282 g/mol. The standard InChI is InChI=1S/C17H13NO4/c19-14(20)10-18-15-12-8-4-5-9-13(12)22-17(15)16(21)11-6-2-1-3-7-11/h1-9,18H,10H2,(H,19,20). The molecule has 1 heterocycles. The van der Waals surface area contributed by atoms with Crippen molar-refractivity contribution in [2.24, 2.45) is 0 Å². The summed E-state index contributed by atoms with van der Waals surface area (Å²) < 4.78 is 5.64. The number of carboxylic acid groups (broad SMARTS) is 1. The molecule has 1 aromatic heterocycles. The maximum Gasteiger partial charge on any atom is 0.322 e. The van der Waals surface area contributed by atoms with Crippen LogP contribution in [0.15, 0.2) is 59.0 Å². The molecule has 0 aliphatic heterocycles. The van der Waals surface area contributed by atoms with E-state index in [1.54, 1.807) is 48.5 Å². The molecule has 3 rings (SSSR count). The fraction of sp³-hybridized carbons (Fsp3) is 0.0588. The van der Waals surface area contributed by atoms with Gasteiger partial charge in [0.25, 0.3) is 0 Å². The number of rotatable bonds is 5. The van der Waals surface area contributed by atoms with Crippen molar-refractivity contribution >= 4 is 28.4 Å². The van der Waals surface area contributed by atoms with Gasteiger partial charge in [-0.25, -0.2) is 0 Å². The Balaban J connectivity index is 2.09. The molecule has 0 spiro atoms. The van der Waals surface area contributed by atoms with E-state index in [-0.39, 0.29) is 18.1 Å². The van der Waals surface area contributed by atoms with Gasteiger partial charge in [-0.3, -0.25) is 9.59 Å². The zero-order chi connectivity index (χ0) is 15.5. The first-order chi connectivity index (χ1) is 10.7. The normalized spacial score (nSPS) is 10.5. The number of carboxylic acids is 1. The Morgan fingerprint density at radius 2 is 1.68 bits per heavy atom. The first kappa shape index (κ1) is 13.9. The van der Waals surface area contributed by atoms with Crippen LogP contribution >= 0.6 is 0 Å². The van der Waals surface area contributed by atoms with Crippen molar-refractivity contribution in [2.75, 3.05) is 11.9 Å². The maximum atomic E-state index is 12.6. The smallest absolute Gasteiger partial charge is 0.322 e. The van der Waals surface area contributed by atoms with E-state index >= 15 is 0 Å². The first-order valence-corrected chi connectivity index (χ1v) is 6.74. The number of nitrogens with one attached hydrogen (secondary N) is 1. The van der Waals surface area contributed by atoms with Gasteiger partial charge in [-0.05, 0) is 12.1 Å². The third-order valence-electron chi connectivity index (χ3n) is 3.25. The van der Waals surface area contributed by atoms with Gasteiger partial charge in [-0.1, -0.05) is 42.5 Å². The van der Waals surface area contributed by atoms with Crippen molar-refractivity contribution in [1.82, 2.24) is 0 Å². The van der Waals surface area contributed by atoms with Crippen LogP contribution in [-0.2, 0) is 4.79 Å². The molecule has 0 saturated heterocycles. The number of hydrogen-bond acceptors (Lipinski definition) is 4. The molecule has 0 amide bonds. The quantitative estimate of drug-likeness (QED) is 0.707. The number of anilines is 1. The molecule has 0 saturated carbocycles. The van der Waals surface area contributed by atoms with Gasteiger partial charge in [-0.15, -0.1) is 0 Å². The lowest BCUT2D eigenvalue weighted by molar-refractivity contribution is -0.134. The molecule has 3 aromatic rings. The number of furan rings is 1. The highest BCUT2D eigenvalue weighted by Gasteiger charge is 2.21. The fourth-order valence-corrected chi connectivity index (χ4v) is 2.27. The Labute approximate surface area is 126 Å². The minimum absolute atomic E-state index is 0.119. The van der Waals surface area contributed by atoms with Gasteiger partial charge in [0.15, 0.2) is 5.76 Å². The summed E-state index contributed by atoms with van der Waals surface area (Å²) in [7, 11) is 0. The van der Waals surface area contributed by atoms with Crippen LogP contribution in [0, 0.1) is 0 Å². The van der Waals surface area contributed by atoms with Gasteiger partial charge in [0.05, 0.1) is 5.69 Å². The van der Waals surface area contributed by atoms with Crippen LogP contribution in [0.1, 0.15) is 16.1 Å². The summed E-state index contributed by atoms with van der Waals surface area (Å²) >= 11 is 0. The van der Waals surface area contributed by atoms with Crippen LogP contribution in [0.25, 0.3) is 11.0 Å². The molecule has 0 atom stereocenters. The van der Waals surface area contributed by atoms with Crippen molar-refractivity contribution in [3.8, 4) is 0 Å². The van der Waals surface area contributed by atoms with Gasteiger partial charge < -0.3 is 14.8 Å². The van der Waals surface area contributed by atoms with Crippen molar-refractivity contribution < 1.29 is 19.1 Å². The Morgan fingerprint density at radius 3 is 2.41 bits per heavy atom. The summed E-state index contributed by atoms with van der Waals surface area (Å²) in [6.45, 7) is -0.293. The maximum absolute atomic E-state index is 12.6. The van der Waals surface area contributed by atoms with E-state index in [1.165, 1.54) is 0 Å². The molecule has 0 unspecified atom stereocenters. The van der Waals surface area contributed by atoms with Crippen molar-refractivity contribution in [1.29, 1.82) is 0 Å². The zero-order valence-corrected chi connectivity index (χ0v) is 11.6. The molecule has 2 aromatic carbocycles. The molecule has 0 fully saturated rings. The second-order valence-electron chi connectivity index (χ2n) is 4.74. The van der Waals surface area contributed by atoms with Crippen LogP contribution in [-0.4, -0.2) is 23.4 Å². The number of aliphatic carboxylic acids is 1. The average Bonchev–Trinajstić information content (AvgIpc) is 2.91. The molecule has 0 aliphatic carbocycles. The van der Waals surface area contributed by atoms with Gasteiger partial charge >= 0.3 is 5.97 Å². The lowest BCUT2D eigenvalue weighted by atomic mass is 10.1. The van der Waals surface area contributed by atoms with Crippen LogP contribution in [0.5, 0.6) is 0 Å². The minimum Gasteiger partial charge on any atom is -0.480 e. The molecule has 5 heteroatoms. The minimum atomic E-state index is -1.01. The summed E-state index contributed by atoms with van der Waals surface area (Å²) in [6, 6.07) is 15.9. The summed E-state index contributed by atoms with van der Waals surface area (Å²) in [4.78, 5) is 23.4. The van der Waals surface area contributed by atoms with Crippen LogP contribution < -0.4 is 5.32 Å². The van der Waals surface area contributed by atoms with Crippen molar-refractivity contribution in [3.63, 3.8) is 0 Å². The number of ketones is 1. The van der Waals surface area contributed by atoms with Gasteiger partial charge in [0.2, 0.25) is 5.78 Å². The van der Waals surface area contributed by atoms with Crippen LogP contribution in [0.2, 0.25) is 0 Å². The van der Waals surface area contributed by atoms with Crippen molar-refractivity contribution in [2.45, 2.75) is 0 Å². The first-order valence-electron chi connectivity index (χ1n) is 6.74. The van der Waals surface area contributed by atoms with Gasteiger partial charge in [0.1, 0.15) is 12.1 Å². The monoisotopic (exact) mass is 295 g/mol. The topological polar surface area (TPSA) is 79.5 Å². The molecule has 0 bridgehead atoms. The van der Waals surface area contributed by atoms with E-state index in [1.807, 2.05) is 6.07 Å². The lowest BCUT2D eigenvalue weighted by Crippen LogP contribution is -2.14. The number of carbonyl (C=O) groups is 2. The molecule has 110 valence electrons. The molecule has 2 N–H and O–H groups in total. The van der Waals surface area contributed by atoms with E-state index in [2.05, 4.69) is 5.32 Å². The third-order valence-corrected chi connectivity index (χ3v) is 3.25. The Kier molecular flexibility index (Phi) is 3.62. The summed E-state index contributed by atoms with van der Waals surface area (Å²) in [6.07, 6.45) is 0. The zero-order valence-electron chi connectivity index (χ0n) is 11.6.